The van der Waals surface area contributed by atoms with Crippen molar-refractivity contribution in [2.24, 2.45) is 0 Å². The Bertz CT molecular complexity index is 393. The van der Waals surface area contributed by atoms with E-state index >= 15 is 0 Å². The Morgan fingerprint density at radius 3 is 2.93 bits per heavy atom. The molecule has 1 N–H and O–H groups in total. The molecule has 0 aliphatic rings. The first-order valence-corrected chi connectivity index (χ1v) is 5.55. The van der Waals surface area contributed by atoms with Crippen LogP contribution in [0.25, 0.3) is 0 Å². The van der Waals surface area contributed by atoms with Gasteiger partial charge >= 0.3 is 0 Å². The van der Waals surface area contributed by atoms with E-state index in [1.54, 1.807) is 12.3 Å². The van der Waals surface area contributed by atoms with Crippen molar-refractivity contribution in [2.45, 2.75) is 20.3 Å². The molecule has 0 saturated heterocycles. The number of hydrogen-bond donors (Lipinski definition) is 1. The fraction of sp³-hybridized carbons (Fsp3) is 0.400. The predicted octanol–water partition coefficient (Wildman–Crippen LogP) is 2.37. The molecule has 1 aromatic rings. The molecule has 0 unspecified atom stereocenters. The van der Waals surface area contributed by atoms with Gasteiger partial charge in [0.2, 0.25) is 5.91 Å². The van der Waals surface area contributed by atoms with Crippen molar-refractivity contribution >= 4 is 22.2 Å². The number of ether oxygens (including phenoxy) is 1. The van der Waals surface area contributed by atoms with E-state index in [0.29, 0.717) is 29.3 Å². The highest BCUT2D eigenvalue weighted by atomic mass is 32.1. The van der Waals surface area contributed by atoms with Gasteiger partial charge in [0, 0.05) is 11.8 Å². The van der Waals surface area contributed by atoms with Crippen LogP contribution in [0, 0.1) is 11.3 Å². The lowest BCUT2D eigenvalue weighted by Crippen LogP contribution is -2.09. The van der Waals surface area contributed by atoms with Crippen LogP contribution in [0.4, 0.5) is 5.00 Å². The van der Waals surface area contributed by atoms with Crippen LogP contribution < -0.4 is 10.1 Å². The first-order valence-electron chi connectivity index (χ1n) is 4.67. The summed E-state index contributed by atoms with van der Waals surface area (Å²) in [4.78, 5) is 11.2. The van der Waals surface area contributed by atoms with Gasteiger partial charge in [-0.3, -0.25) is 4.79 Å². The number of anilines is 1. The van der Waals surface area contributed by atoms with Gasteiger partial charge in [-0.05, 0) is 6.92 Å². The van der Waals surface area contributed by atoms with Gasteiger partial charge < -0.3 is 10.1 Å². The molecule has 0 atom stereocenters. The number of carbonyl (C=O) groups is 1. The first kappa shape index (κ1) is 11.5. The Morgan fingerprint density at radius 1 is 1.67 bits per heavy atom. The largest absolute Gasteiger partial charge is 0.492 e. The third-order valence-corrected chi connectivity index (χ3v) is 2.62. The van der Waals surface area contributed by atoms with E-state index in [0.717, 1.165) is 0 Å². The lowest BCUT2D eigenvalue weighted by Gasteiger charge is -2.02. The quantitative estimate of drug-likeness (QED) is 0.854. The van der Waals surface area contributed by atoms with Crippen LogP contribution >= 0.6 is 11.3 Å². The van der Waals surface area contributed by atoms with Crippen LogP contribution in [-0.2, 0) is 4.79 Å². The third-order valence-electron chi connectivity index (χ3n) is 1.74. The smallest absolute Gasteiger partial charge is 0.224 e. The maximum Gasteiger partial charge on any atom is 0.224 e. The van der Waals surface area contributed by atoms with Crippen molar-refractivity contribution in [1.29, 1.82) is 5.26 Å². The van der Waals surface area contributed by atoms with Crippen molar-refractivity contribution in [1.82, 2.24) is 0 Å². The zero-order valence-electron chi connectivity index (χ0n) is 8.66. The molecule has 0 aromatic carbocycles. The van der Waals surface area contributed by atoms with Gasteiger partial charge in [0.1, 0.15) is 22.4 Å². The molecule has 0 radical (unpaired) electrons. The number of amides is 1. The second-order valence-corrected chi connectivity index (χ2v) is 3.63. The zero-order chi connectivity index (χ0) is 11.3. The Kier molecular flexibility index (Phi) is 4.13. The highest BCUT2D eigenvalue weighted by Crippen LogP contribution is 2.33. The first-order chi connectivity index (χ1) is 7.22. The molecule has 1 heterocycles. The van der Waals surface area contributed by atoms with Crippen LogP contribution in [0.5, 0.6) is 5.75 Å². The second kappa shape index (κ2) is 5.37. The summed E-state index contributed by atoms with van der Waals surface area (Å²) in [5.41, 5.74) is 0.406. The molecule has 1 amide bonds. The Labute approximate surface area is 92.5 Å². The molecule has 15 heavy (non-hydrogen) atoms. The minimum Gasteiger partial charge on any atom is -0.492 e. The molecule has 1 rings (SSSR count). The number of carbonyl (C=O) groups excluding carboxylic acids is 1. The number of thiophene rings is 1. The molecule has 5 heteroatoms. The van der Waals surface area contributed by atoms with Crippen molar-refractivity contribution in [3.05, 3.63) is 10.9 Å². The van der Waals surface area contributed by atoms with E-state index in [1.807, 2.05) is 13.0 Å². The van der Waals surface area contributed by atoms with E-state index in [1.165, 1.54) is 11.3 Å². The predicted molar refractivity (Wildman–Crippen MR) is 59.1 cm³/mol. The summed E-state index contributed by atoms with van der Waals surface area (Å²) in [6.07, 6.45) is 0.396. The number of nitrogens with one attached hydrogen (secondary N) is 1. The lowest BCUT2D eigenvalue weighted by atomic mass is 10.3. The monoisotopic (exact) mass is 224 g/mol. The summed E-state index contributed by atoms with van der Waals surface area (Å²) in [7, 11) is 0. The molecular weight excluding hydrogens is 212 g/mol. The van der Waals surface area contributed by atoms with Crippen molar-refractivity contribution in [2.75, 3.05) is 11.9 Å². The Morgan fingerprint density at radius 2 is 2.40 bits per heavy atom. The molecule has 0 aliphatic carbocycles. The molecule has 0 fully saturated rings. The van der Waals surface area contributed by atoms with Gasteiger partial charge in [0.05, 0.1) is 6.61 Å². The van der Waals surface area contributed by atoms with E-state index in [4.69, 9.17) is 10.00 Å². The van der Waals surface area contributed by atoms with Crippen LogP contribution in [0.1, 0.15) is 25.8 Å². The topological polar surface area (TPSA) is 62.1 Å². The SMILES string of the molecule is CCOc1csc(NC(=O)CC)c1C#N. The molecular formula is C10H12N2O2S. The van der Waals surface area contributed by atoms with Gasteiger partial charge in [0.15, 0.2) is 0 Å². The van der Waals surface area contributed by atoms with Crippen LogP contribution in [0.15, 0.2) is 5.38 Å². The normalized spacial score (nSPS) is 9.40. The van der Waals surface area contributed by atoms with E-state index in [2.05, 4.69) is 5.32 Å². The molecule has 0 spiro atoms. The maximum absolute atomic E-state index is 11.2. The third kappa shape index (κ3) is 2.70. The average Bonchev–Trinajstić information content (AvgIpc) is 2.61. The van der Waals surface area contributed by atoms with Gasteiger partial charge in [-0.2, -0.15) is 5.26 Å². The summed E-state index contributed by atoms with van der Waals surface area (Å²) >= 11 is 1.30. The van der Waals surface area contributed by atoms with E-state index < -0.39 is 0 Å². The Balaban J connectivity index is 2.90. The van der Waals surface area contributed by atoms with Gasteiger partial charge in [-0.15, -0.1) is 11.3 Å². The highest BCUT2D eigenvalue weighted by Gasteiger charge is 2.13. The number of hydrogen-bond acceptors (Lipinski definition) is 4. The van der Waals surface area contributed by atoms with Crippen molar-refractivity contribution in [3.63, 3.8) is 0 Å². The number of rotatable bonds is 4. The minimum absolute atomic E-state index is 0.101. The molecule has 80 valence electrons. The Hall–Kier alpha value is -1.54. The molecule has 4 nitrogen and oxygen atoms in total. The maximum atomic E-state index is 11.2. The van der Waals surface area contributed by atoms with Crippen LogP contribution in [0.3, 0.4) is 0 Å². The summed E-state index contributed by atoms with van der Waals surface area (Å²) < 4.78 is 5.26. The van der Waals surface area contributed by atoms with Crippen LogP contribution in [-0.4, -0.2) is 12.5 Å². The second-order valence-electron chi connectivity index (χ2n) is 2.75. The summed E-state index contributed by atoms with van der Waals surface area (Å²) in [6, 6.07) is 2.03. The van der Waals surface area contributed by atoms with E-state index in [-0.39, 0.29) is 5.91 Å². The van der Waals surface area contributed by atoms with Crippen molar-refractivity contribution in [3.8, 4) is 11.8 Å². The fourth-order valence-corrected chi connectivity index (χ4v) is 1.86. The summed E-state index contributed by atoms with van der Waals surface area (Å²) in [6.45, 7) is 4.12. The van der Waals surface area contributed by atoms with E-state index in [9.17, 15) is 4.79 Å². The molecule has 1 aromatic heterocycles. The van der Waals surface area contributed by atoms with Gasteiger partial charge in [-0.25, -0.2) is 0 Å². The van der Waals surface area contributed by atoms with Crippen molar-refractivity contribution < 1.29 is 9.53 Å². The summed E-state index contributed by atoms with van der Waals surface area (Å²) in [5, 5.41) is 13.9. The van der Waals surface area contributed by atoms with Crippen LogP contribution in [0.2, 0.25) is 0 Å². The number of nitrogens with zero attached hydrogens (tertiary/aromatic N) is 1. The fourth-order valence-electron chi connectivity index (χ4n) is 1.02. The molecule has 0 saturated carbocycles. The lowest BCUT2D eigenvalue weighted by molar-refractivity contribution is -0.115. The number of nitriles is 1. The molecule has 0 bridgehead atoms. The average molecular weight is 224 g/mol. The standard InChI is InChI=1S/C10H12N2O2S/c1-3-9(13)12-10-7(5-11)8(6-15-10)14-4-2/h6H,3-4H2,1-2H3,(H,12,13). The molecule has 0 aliphatic heterocycles. The summed E-state index contributed by atoms with van der Waals surface area (Å²) in [5.74, 6) is 0.438. The van der Waals surface area contributed by atoms with Gasteiger partial charge in [0.25, 0.3) is 0 Å². The zero-order valence-corrected chi connectivity index (χ0v) is 9.48. The minimum atomic E-state index is -0.101. The highest BCUT2D eigenvalue weighted by molar-refractivity contribution is 7.15. The van der Waals surface area contributed by atoms with Gasteiger partial charge in [-0.1, -0.05) is 6.92 Å².